The van der Waals surface area contributed by atoms with Gasteiger partial charge in [-0.1, -0.05) is 35.1 Å². The van der Waals surface area contributed by atoms with Crippen LogP contribution in [0, 0.1) is 0 Å². The zero-order valence-electron chi connectivity index (χ0n) is 22.9. The zero-order chi connectivity index (χ0) is 28.4. The van der Waals surface area contributed by atoms with Crippen LogP contribution < -0.4 is 24.4 Å². The number of rotatable bonds is 8. The molecule has 39 heavy (non-hydrogen) atoms. The predicted octanol–water partition coefficient (Wildman–Crippen LogP) is 5.36. The average Bonchev–Trinajstić information content (AvgIpc) is 3.18. The van der Waals surface area contributed by atoms with E-state index in [9.17, 15) is 9.59 Å². The topological polar surface area (TPSA) is 79.1 Å². The molecule has 7 nitrogen and oxygen atoms in total. The van der Waals surface area contributed by atoms with Crippen molar-refractivity contribution in [3.8, 4) is 11.5 Å². The first kappa shape index (κ1) is 29.0. The first-order valence-corrected chi connectivity index (χ1v) is 14.9. The Hall–Kier alpha value is -3.01. The molecular formula is C29H31ClN2O5S2. The highest BCUT2D eigenvalue weighted by atomic mass is 35.5. The zero-order valence-corrected chi connectivity index (χ0v) is 25.3. The van der Waals surface area contributed by atoms with Gasteiger partial charge in [0, 0.05) is 4.90 Å². The minimum atomic E-state index is -0.675. The summed E-state index contributed by atoms with van der Waals surface area (Å²) in [7, 11) is 1.54. The molecule has 0 N–H and O–H groups in total. The van der Waals surface area contributed by atoms with Crippen LogP contribution in [0.5, 0.6) is 11.5 Å². The van der Waals surface area contributed by atoms with Gasteiger partial charge in [-0.2, -0.15) is 0 Å². The van der Waals surface area contributed by atoms with Crippen molar-refractivity contribution in [2.45, 2.75) is 57.8 Å². The number of carbonyl (C=O) groups is 1. The lowest BCUT2D eigenvalue weighted by molar-refractivity contribution is -0.143. The number of nitrogens with zero attached hydrogens (tertiary/aromatic N) is 2. The second kappa shape index (κ2) is 12.0. The molecule has 2 heterocycles. The van der Waals surface area contributed by atoms with E-state index in [1.165, 1.54) is 11.3 Å². The van der Waals surface area contributed by atoms with Crippen LogP contribution in [0.15, 0.2) is 62.4 Å². The van der Waals surface area contributed by atoms with Crippen molar-refractivity contribution in [3.05, 3.63) is 83.5 Å². The van der Waals surface area contributed by atoms with Gasteiger partial charge in [-0.15, -0.1) is 11.8 Å². The Morgan fingerprint density at radius 3 is 2.44 bits per heavy atom. The van der Waals surface area contributed by atoms with Crippen LogP contribution >= 0.6 is 34.7 Å². The van der Waals surface area contributed by atoms with Crippen molar-refractivity contribution < 1.29 is 19.0 Å². The first-order chi connectivity index (χ1) is 18.5. The summed E-state index contributed by atoms with van der Waals surface area (Å²) >= 11 is 9.39. The Bertz CT molecular complexity index is 1600. The van der Waals surface area contributed by atoms with Gasteiger partial charge in [0.05, 0.1) is 46.2 Å². The number of thioether (sulfide) groups is 1. The average molecular weight is 587 g/mol. The maximum absolute atomic E-state index is 13.9. The Labute approximate surface area is 240 Å². The van der Waals surface area contributed by atoms with Crippen molar-refractivity contribution in [2.75, 3.05) is 13.4 Å². The largest absolute Gasteiger partial charge is 0.493 e. The molecule has 0 amide bonds. The number of aromatic nitrogens is 1. The van der Waals surface area contributed by atoms with Crippen molar-refractivity contribution in [2.24, 2.45) is 4.99 Å². The smallest absolute Gasteiger partial charge is 0.338 e. The normalized spacial score (nSPS) is 15.4. The van der Waals surface area contributed by atoms with Crippen LogP contribution in [-0.4, -0.2) is 36.1 Å². The number of hydrogen-bond acceptors (Lipinski definition) is 8. The summed E-state index contributed by atoms with van der Waals surface area (Å²) in [4.78, 5) is 33.4. The molecule has 0 unspecified atom stereocenters. The maximum Gasteiger partial charge on any atom is 0.338 e. The second-order valence-electron chi connectivity index (χ2n) is 9.51. The third-order valence-electron chi connectivity index (χ3n) is 5.92. The number of fused-ring (bicyclic) bond motifs is 1. The Morgan fingerprint density at radius 2 is 1.85 bits per heavy atom. The van der Waals surface area contributed by atoms with E-state index in [2.05, 4.69) is 4.99 Å². The minimum Gasteiger partial charge on any atom is -0.493 e. The van der Waals surface area contributed by atoms with Gasteiger partial charge in [0.25, 0.3) is 5.56 Å². The van der Waals surface area contributed by atoms with Crippen LogP contribution in [0.25, 0.3) is 6.08 Å². The molecule has 2 aromatic carbocycles. The highest BCUT2D eigenvalue weighted by molar-refractivity contribution is 7.98. The third kappa shape index (κ3) is 6.10. The standard InChI is InChI=1S/C29H31ClN2O5S2/c1-15(2)36-26-21(30)12-18(13-22(26)35-6)14-23-27(33)32-25(19-8-10-20(38-7)11-9-19)24(28(34)37-16(3)4)17(5)31-29(32)39-23/h8-16,25H,1-7H3/b23-14-/t25-/m0/s1. The number of esters is 1. The van der Waals surface area contributed by atoms with Gasteiger partial charge in [0.2, 0.25) is 0 Å². The van der Waals surface area contributed by atoms with Crippen LogP contribution in [0.3, 0.4) is 0 Å². The van der Waals surface area contributed by atoms with E-state index < -0.39 is 12.0 Å². The molecule has 0 bridgehead atoms. The monoisotopic (exact) mass is 586 g/mol. The van der Waals surface area contributed by atoms with E-state index in [0.717, 1.165) is 10.5 Å². The molecule has 206 valence electrons. The van der Waals surface area contributed by atoms with Gasteiger partial charge in [-0.05, 0) is 82.3 Å². The molecule has 0 spiro atoms. The summed E-state index contributed by atoms with van der Waals surface area (Å²) in [5.41, 5.74) is 2.07. The minimum absolute atomic E-state index is 0.0873. The molecule has 1 aliphatic heterocycles. The molecule has 10 heteroatoms. The van der Waals surface area contributed by atoms with Crippen LogP contribution in [0.2, 0.25) is 5.02 Å². The number of hydrogen-bond donors (Lipinski definition) is 0. The molecule has 1 atom stereocenters. The summed E-state index contributed by atoms with van der Waals surface area (Å²) in [5, 5.41) is 0.378. The van der Waals surface area contributed by atoms with Crippen LogP contribution in [0.4, 0.5) is 0 Å². The molecule has 1 aliphatic rings. The number of ether oxygens (including phenoxy) is 3. The Balaban J connectivity index is 1.90. The fraction of sp³-hybridized carbons (Fsp3) is 0.345. The van der Waals surface area contributed by atoms with E-state index >= 15 is 0 Å². The quantitative estimate of drug-likeness (QED) is 0.261. The van der Waals surface area contributed by atoms with E-state index in [1.807, 2.05) is 44.4 Å². The Morgan fingerprint density at radius 1 is 1.15 bits per heavy atom. The van der Waals surface area contributed by atoms with Crippen LogP contribution in [0.1, 0.15) is 51.8 Å². The van der Waals surface area contributed by atoms with Crippen molar-refractivity contribution in [1.82, 2.24) is 4.57 Å². The maximum atomic E-state index is 13.9. The van der Waals surface area contributed by atoms with E-state index in [-0.39, 0.29) is 17.8 Å². The van der Waals surface area contributed by atoms with Gasteiger partial charge in [0.15, 0.2) is 16.3 Å². The Kier molecular flexibility index (Phi) is 8.93. The highest BCUT2D eigenvalue weighted by Gasteiger charge is 2.33. The van der Waals surface area contributed by atoms with Gasteiger partial charge < -0.3 is 14.2 Å². The summed E-state index contributed by atoms with van der Waals surface area (Å²) < 4.78 is 18.9. The van der Waals surface area contributed by atoms with Gasteiger partial charge >= 0.3 is 5.97 Å². The second-order valence-corrected chi connectivity index (χ2v) is 11.8. The van der Waals surface area contributed by atoms with Crippen molar-refractivity contribution >= 4 is 46.7 Å². The molecule has 3 aromatic rings. The molecule has 0 saturated heterocycles. The molecule has 0 fully saturated rings. The summed E-state index contributed by atoms with van der Waals surface area (Å²) in [6, 6.07) is 10.7. The molecule has 0 saturated carbocycles. The number of methoxy groups -OCH3 is 1. The lowest BCUT2D eigenvalue weighted by Crippen LogP contribution is -2.40. The number of carbonyl (C=O) groups excluding carboxylic acids is 1. The molecule has 4 rings (SSSR count). The van der Waals surface area contributed by atoms with Crippen molar-refractivity contribution in [1.29, 1.82) is 0 Å². The van der Waals surface area contributed by atoms with Crippen molar-refractivity contribution in [3.63, 3.8) is 0 Å². The fourth-order valence-electron chi connectivity index (χ4n) is 4.29. The van der Waals surface area contributed by atoms with E-state index in [0.29, 0.717) is 42.7 Å². The molecule has 0 radical (unpaired) electrons. The molecule has 1 aromatic heterocycles. The molecular weight excluding hydrogens is 556 g/mol. The van der Waals surface area contributed by atoms with E-state index in [4.69, 9.17) is 25.8 Å². The number of allylic oxidation sites excluding steroid dienone is 1. The van der Waals surface area contributed by atoms with Crippen LogP contribution in [-0.2, 0) is 9.53 Å². The summed E-state index contributed by atoms with van der Waals surface area (Å²) in [6.07, 6.45) is 3.34. The number of halogens is 1. The van der Waals surface area contributed by atoms with Gasteiger partial charge in [0.1, 0.15) is 0 Å². The number of thiazole rings is 1. The predicted molar refractivity (Wildman–Crippen MR) is 157 cm³/mol. The number of benzene rings is 2. The van der Waals surface area contributed by atoms with Gasteiger partial charge in [-0.3, -0.25) is 9.36 Å². The SMILES string of the molecule is COc1cc(/C=c2\sc3n(c2=O)[C@@H](c2ccc(SC)cc2)C(C(=O)OC(C)C)=C(C)N=3)cc(Cl)c1OC(C)C. The lowest BCUT2D eigenvalue weighted by Gasteiger charge is -2.25. The third-order valence-corrected chi connectivity index (χ3v) is 7.93. The molecule has 0 aliphatic carbocycles. The van der Waals surface area contributed by atoms with Gasteiger partial charge in [-0.25, -0.2) is 9.79 Å². The summed E-state index contributed by atoms with van der Waals surface area (Å²) in [6.45, 7) is 9.17. The summed E-state index contributed by atoms with van der Waals surface area (Å²) in [5.74, 6) is 0.429. The fourth-order valence-corrected chi connectivity index (χ4v) is 6.00. The highest BCUT2D eigenvalue weighted by Crippen LogP contribution is 2.37. The van der Waals surface area contributed by atoms with E-state index in [1.54, 1.807) is 62.4 Å². The lowest BCUT2D eigenvalue weighted by atomic mass is 9.96. The first-order valence-electron chi connectivity index (χ1n) is 12.5.